The third kappa shape index (κ3) is 4.66. The molecule has 5 nitrogen and oxygen atoms in total. The summed E-state index contributed by atoms with van der Waals surface area (Å²) in [6, 6.07) is 8.76. The number of rotatable bonds is 7. The maximum atomic E-state index is 12.1. The fraction of sp³-hybridized carbons (Fsp3) is 0.312. The smallest absolute Gasteiger partial charge is 0.240 e. The minimum absolute atomic E-state index is 0.162. The molecule has 6 heteroatoms. The molecule has 0 aliphatic rings. The summed E-state index contributed by atoms with van der Waals surface area (Å²) in [4.78, 5) is 27.9. The van der Waals surface area contributed by atoms with Crippen LogP contribution in [-0.2, 0) is 28.9 Å². The molecule has 0 aliphatic heterocycles. The lowest BCUT2D eigenvalue weighted by atomic mass is 10.1. The van der Waals surface area contributed by atoms with E-state index in [1.807, 2.05) is 42.6 Å². The summed E-state index contributed by atoms with van der Waals surface area (Å²) in [6.45, 7) is 2.02. The lowest BCUT2D eigenvalue weighted by Gasteiger charge is -2.15. The molecule has 3 N–H and O–H groups in total. The molecule has 0 saturated carbocycles. The van der Waals surface area contributed by atoms with Gasteiger partial charge in [0.2, 0.25) is 11.8 Å². The maximum absolute atomic E-state index is 12.1. The van der Waals surface area contributed by atoms with Gasteiger partial charge in [-0.3, -0.25) is 9.59 Å². The van der Waals surface area contributed by atoms with Crippen molar-refractivity contribution >= 4 is 23.2 Å². The van der Waals surface area contributed by atoms with Crippen molar-refractivity contribution in [2.45, 2.75) is 32.2 Å². The highest BCUT2D eigenvalue weighted by atomic mass is 32.1. The largest absolute Gasteiger partial charge is 0.368 e. The number of amides is 2. The highest BCUT2D eigenvalue weighted by Gasteiger charge is 2.19. The molecule has 0 aliphatic carbocycles. The zero-order chi connectivity index (χ0) is 15.9. The van der Waals surface area contributed by atoms with Gasteiger partial charge >= 0.3 is 0 Å². The predicted octanol–water partition coefficient (Wildman–Crippen LogP) is 1.46. The van der Waals surface area contributed by atoms with Crippen molar-refractivity contribution in [3.63, 3.8) is 0 Å². The van der Waals surface area contributed by atoms with E-state index in [1.54, 1.807) is 0 Å². The van der Waals surface area contributed by atoms with Gasteiger partial charge in [-0.05, 0) is 12.0 Å². The first-order chi connectivity index (χ1) is 10.6. The molecule has 1 aromatic carbocycles. The molecule has 0 unspecified atom stereocenters. The minimum atomic E-state index is -0.709. The number of primary amides is 1. The molecule has 2 aromatic rings. The van der Waals surface area contributed by atoms with Gasteiger partial charge in [0.1, 0.15) is 6.04 Å². The fourth-order valence-electron chi connectivity index (χ4n) is 2.07. The quantitative estimate of drug-likeness (QED) is 0.811. The molecular formula is C16H19N3O2S. The van der Waals surface area contributed by atoms with Gasteiger partial charge in [-0.25, -0.2) is 4.98 Å². The third-order valence-electron chi connectivity index (χ3n) is 3.20. The third-order valence-corrected chi connectivity index (χ3v) is 4.25. The van der Waals surface area contributed by atoms with Gasteiger partial charge in [0.25, 0.3) is 0 Å². The topological polar surface area (TPSA) is 85.1 Å². The van der Waals surface area contributed by atoms with Crippen molar-refractivity contribution in [2.75, 3.05) is 0 Å². The highest BCUT2D eigenvalue weighted by molar-refractivity contribution is 7.09. The Morgan fingerprint density at radius 2 is 2.05 bits per heavy atom. The number of hydrogen-bond donors (Lipinski definition) is 2. The van der Waals surface area contributed by atoms with Gasteiger partial charge in [0.05, 0.1) is 17.1 Å². The average Bonchev–Trinajstić information content (AvgIpc) is 2.95. The Bertz CT molecular complexity index is 640. The van der Waals surface area contributed by atoms with Gasteiger partial charge in [-0.2, -0.15) is 0 Å². The molecule has 0 fully saturated rings. The molecule has 2 rings (SSSR count). The maximum Gasteiger partial charge on any atom is 0.240 e. The van der Waals surface area contributed by atoms with E-state index in [1.165, 1.54) is 11.3 Å². The summed E-state index contributed by atoms with van der Waals surface area (Å²) in [7, 11) is 0. The summed E-state index contributed by atoms with van der Waals surface area (Å²) in [6.07, 6.45) is 1.40. The molecule has 1 atom stereocenters. The molecule has 0 radical (unpaired) electrons. The van der Waals surface area contributed by atoms with E-state index < -0.39 is 11.9 Å². The van der Waals surface area contributed by atoms with Crippen LogP contribution in [0.15, 0.2) is 35.7 Å². The second-order valence-corrected chi connectivity index (χ2v) is 5.92. The lowest BCUT2D eigenvalue weighted by Crippen LogP contribution is -2.46. The fourth-order valence-corrected chi connectivity index (χ4v) is 2.82. The molecule has 22 heavy (non-hydrogen) atoms. The van der Waals surface area contributed by atoms with Crippen molar-refractivity contribution in [2.24, 2.45) is 5.73 Å². The van der Waals surface area contributed by atoms with Crippen LogP contribution in [0, 0.1) is 0 Å². The van der Waals surface area contributed by atoms with Crippen LogP contribution in [0.1, 0.15) is 23.2 Å². The first-order valence-electron chi connectivity index (χ1n) is 7.14. The van der Waals surface area contributed by atoms with E-state index in [0.717, 1.165) is 22.7 Å². The zero-order valence-corrected chi connectivity index (χ0v) is 13.2. The SMILES string of the molecule is CCc1nc(CC(=O)N[C@@H](Cc2ccccc2)C(N)=O)cs1. The number of nitrogens with zero attached hydrogens (tertiary/aromatic N) is 1. The zero-order valence-electron chi connectivity index (χ0n) is 12.4. The second-order valence-electron chi connectivity index (χ2n) is 4.98. The molecular weight excluding hydrogens is 298 g/mol. The van der Waals surface area contributed by atoms with Gasteiger partial charge in [0.15, 0.2) is 0 Å². The van der Waals surface area contributed by atoms with E-state index in [9.17, 15) is 9.59 Å². The molecule has 1 heterocycles. The predicted molar refractivity (Wildman–Crippen MR) is 86.5 cm³/mol. The van der Waals surface area contributed by atoms with Crippen LogP contribution in [0.4, 0.5) is 0 Å². The Morgan fingerprint density at radius 3 is 2.64 bits per heavy atom. The van der Waals surface area contributed by atoms with Crippen LogP contribution in [0.5, 0.6) is 0 Å². The summed E-state index contributed by atoms with van der Waals surface area (Å²) in [5.74, 6) is -0.780. The van der Waals surface area contributed by atoms with Crippen LogP contribution in [0.3, 0.4) is 0 Å². The van der Waals surface area contributed by atoms with Gasteiger partial charge < -0.3 is 11.1 Å². The minimum Gasteiger partial charge on any atom is -0.368 e. The number of carbonyl (C=O) groups excluding carboxylic acids is 2. The number of aromatic nitrogens is 1. The summed E-state index contributed by atoms with van der Waals surface area (Å²) in [5, 5.41) is 5.56. The number of nitrogens with one attached hydrogen (secondary N) is 1. The number of aryl methyl sites for hydroxylation is 1. The van der Waals surface area contributed by atoms with E-state index in [-0.39, 0.29) is 12.3 Å². The Balaban J connectivity index is 1.95. The molecule has 1 aromatic heterocycles. The standard InChI is InChI=1S/C16H19N3O2S/c1-2-15-18-12(10-22-15)9-14(20)19-13(16(17)21)8-11-6-4-3-5-7-11/h3-7,10,13H,2,8-9H2,1H3,(H2,17,21)(H,19,20)/t13-/m0/s1. The summed E-state index contributed by atoms with van der Waals surface area (Å²) in [5.41, 5.74) is 7.06. The molecule has 0 bridgehead atoms. The summed E-state index contributed by atoms with van der Waals surface area (Å²) < 4.78 is 0. The lowest BCUT2D eigenvalue weighted by molar-refractivity contribution is -0.127. The van der Waals surface area contributed by atoms with E-state index >= 15 is 0 Å². The highest BCUT2D eigenvalue weighted by Crippen LogP contribution is 2.11. The Hall–Kier alpha value is -2.21. The first-order valence-corrected chi connectivity index (χ1v) is 8.02. The Labute approximate surface area is 133 Å². The molecule has 116 valence electrons. The number of nitrogens with two attached hydrogens (primary N) is 1. The van der Waals surface area contributed by atoms with Crippen LogP contribution in [-0.4, -0.2) is 22.8 Å². The van der Waals surface area contributed by atoms with Crippen molar-refractivity contribution in [3.05, 3.63) is 52.0 Å². The monoisotopic (exact) mass is 317 g/mol. The second kappa shape index (κ2) is 7.70. The number of thiazole rings is 1. The van der Waals surface area contributed by atoms with Gasteiger partial charge in [0, 0.05) is 11.8 Å². The van der Waals surface area contributed by atoms with Crippen molar-refractivity contribution in [1.82, 2.24) is 10.3 Å². The summed E-state index contributed by atoms with van der Waals surface area (Å²) >= 11 is 1.54. The van der Waals surface area contributed by atoms with E-state index in [2.05, 4.69) is 10.3 Å². The average molecular weight is 317 g/mol. The van der Waals surface area contributed by atoms with Gasteiger partial charge in [-0.1, -0.05) is 37.3 Å². The van der Waals surface area contributed by atoms with Crippen molar-refractivity contribution < 1.29 is 9.59 Å². The first kappa shape index (κ1) is 16.2. The molecule has 2 amide bonds. The van der Waals surface area contributed by atoms with Crippen LogP contribution < -0.4 is 11.1 Å². The van der Waals surface area contributed by atoms with E-state index in [0.29, 0.717) is 6.42 Å². The number of hydrogen-bond acceptors (Lipinski definition) is 4. The van der Waals surface area contributed by atoms with E-state index in [4.69, 9.17) is 5.73 Å². The van der Waals surface area contributed by atoms with Crippen LogP contribution >= 0.6 is 11.3 Å². The Kier molecular flexibility index (Phi) is 5.66. The Morgan fingerprint density at radius 1 is 1.32 bits per heavy atom. The van der Waals surface area contributed by atoms with Gasteiger partial charge in [-0.15, -0.1) is 11.3 Å². The van der Waals surface area contributed by atoms with Crippen molar-refractivity contribution in [1.29, 1.82) is 0 Å². The van der Waals surface area contributed by atoms with Crippen molar-refractivity contribution in [3.8, 4) is 0 Å². The van der Waals surface area contributed by atoms with Crippen LogP contribution in [0.2, 0.25) is 0 Å². The molecule has 0 spiro atoms. The number of benzene rings is 1. The molecule has 0 saturated heterocycles. The van der Waals surface area contributed by atoms with Crippen LogP contribution in [0.25, 0.3) is 0 Å². The normalized spacial score (nSPS) is 11.9. The number of carbonyl (C=O) groups is 2.